The van der Waals surface area contributed by atoms with E-state index in [1.54, 1.807) is 48.5 Å². The van der Waals surface area contributed by atoms with Gasteiger partial charge in [0.2, 0.25) is 0 Å². The Bertz CT molecular complexity index is 1690. The van der Waals surface area contributed by atoms with Gasteiger partial charge >= 0.3 is 0 Å². The van der Waals surface area contributed by atoms with Gasteiger partial charge in [-0.2, -0.15) is 0 Å². The highest BCUT2D eigenvalue weighted by atomic mass is 35.5. The number of hydrogen-bond acceptors (Lipinski definition) is 5. The first-order chi connectivity index (χ1) is 17.7. The second-order valence-corrected chi connectivity index (χ2v) is 11.2. The van der Waals surface area contributed by atoms with Gasteiger partial charge in [-0.1, -0.05) is 59.1 Å². The zero-order valence-electron chi connectivity index (χ0n) is 19.1. The predicted octanol–water partition coefficient (Wildman–Crippen LogP) is 6.58. The molecule has 3 aromatic carbocycles. The first-order valence-corrected chi connectivity index (χ1v) is 13.9. The first kappa shape index (κ1) is 25.5. The number of benzene rings is 3. The van der Waals surface area contributed by atoms with Gasteiger partial charge < -0.3 is 5.32 Å². The Kier molecular flexibility index (Phi) is 7.09. The van der Waals surface area contributed by atoms with Crippen LogP contribution in [0.5, 0.6) is 0 Å². The van der Waals surface area contributed by atoms with Crippen LogP contribution in [-0.2, 0) is 10.0 Å². The summed E-state index contributed by atoms with van der Waals surface area (Å²) in [5, 5.41) is 4.13. The lowest BCUT2D eigenvalue weighted by atomic mass is 10.0. The van der Waals surface area contributed by atoms with Crippen LogP contribution >= 0.6 is 34.8 Å². The van der Waals surface area contributed by atoms with E-state index in [4.69, 9.17) is 34.8 Å². The van der Waals surface area contributed by atoms with E-state index in [9.17, 15) is 13.2 Å². The molecule has 0 bridgehead atoms. The summed E-state index contributed by atoms with van der Waals surface area (Å²) in [5.74, 6) is -0.00936. The second kappa shape index (κ2) is 10.3. The van der Waals surface area contributed by atoms with E-state index < -0.39 is 15.9 Å². The average molecular weight is 574 g/mol. The molecule has 1 aliphatic heterocycles. The van der Waals surface area contributed by atoms with Crippen molar-refractivity contribution in [3.63, 3.8) is 0 Å². The van der Waals surface area contributed by atoms with Gasteiger partial charge in [0, 0.05) is 29.6 Å². The Morgan fingerprint density at radius 2 is 1.73 bits per heavy atom. The highest BCUT2D eigenvalue weighted by Crippen LogP contribution is 2.38. The van der Waals surface area contributed by atoms with Gasteiger partial charge in [-0.05, 0) is 48.9 Å². The van der Waals surface area contributed by atoms with Gasteiger partial charge in [0.25, 0.3) is 15.9 Å². The number of amides is 1. The van der Waals surface area contributed by atoms with Crippen molar-refractivity contribution in [3.8, 4) is 11.3 Å². The van der Waals surface area contributed by atoms with Crippen LogP contribution in [-0.4, -0.2) is 31.7 Å². The third kappa shape index (κ3) is 5.29. The number of amidine groups is 1. The number of carbonyl (C=O) groups excluding carboxylic acids is 1. The van der Waals surface area contributed by atoms with Crippen LogP contribution in [0.3, 0.4) is 0 Å². The fourth-order valence-corrected chi connectivity index (χ4v) is 5.77. The Labute approximate surface area is 228 Å². The third-order valence-corrected chi connectivity index (χ3v) is 8.47. The summed E-state index contributed by atoms with van der Waals surface area (Å²) >= 11 is 18.7. The molecule has 0 radical (unpaired) electrons. The monoisotopic (exact) mass is 572 g/mol. The molecule has 1 aliphatic rings. The summed E-state index contributed by atoms with van der Waals surface area (Å²) in [6.07, 6.45) is 1.39. The molecule has 11 heteroatoms. The van der Waals surface area contributed by atoms with Crippen molar-refractivity contribution in [2.75, 3.05) is 11.9 Å². The van der Waals surface area contributed by atoms with Crippen LogP contribution in [0.25, 0.3) is 22.2 Å². The molecule has 188 valence electrons. The number of carbonyl (C=O) groups is 1. The largest absolute Gasteiger partial charge is 0.322 e. The van der Waals surface area contributed by atoms with E-state index in [1.165, 1.54) is 12.1 Å². The minimum atomic E-state index is -3.84. The van der Waals surface area contributed by atoms with Crippen molar-refractivity contribution >= 4 is 73.2 Å². The highest BCUT2D eigenvalue weighted by Gasteiger charge is 2.20. The number of nitrogens with one attached hydrogen (secondary N) is 2. The number of fused-ring (bicyclic) bond motifs is 1. The Morgan fingerprint density at radius 3 is 2.51 bits per heavy atom. The number of halogens is 3. The maximum atomic E-state index is 13.5. The molecule has 7 nitrogen and oxygen atoms in total. The summed E-state index contributed by atoms with van der Waals surface area (Å²) in [6, 6.07) is 18.1. The maximum Gasteiger partial charge on any atom is 0.262 e. The zero-order chi connectivity index (χ0) is 26.2. The number of nitrogens with zero attached hydrogens (tertiary/aromatic N) is 2. The molecule has 0 unspecified atom stereocenters. The molecule has 0 fully saturated rings. The number of anilines is 1. The quantitative estimate of drug-likeness (QED) is 0.263. The first-order valence-electron chi connectivity index (χ1n) is 11.2. The van der Waals surface area contributed by atoms with E-state index in [0.717, 1.165) is 6.42 Å². The molecule has 1 aromatic heterocycles. The zero-order valence-corrected chi connectivity index (χ0v) is 22.2. The lowest BCUT2D eigenvalue weighted by molar-refractivity contribution is 0.102. The van der Waals surface area contributed by atoms with E-state index in [2.05, 4.69) is 20.0 Å². The van der Waals surface area contributed by atoms with E-state index in [1.807, 2.05) is 6.07 Å². The summed E-state index contributed by atoms with van der Waals surface area (Å²) in [6.45, 7) is 0.600. The molecule has 0 aliphatic carbocycles. The topological polar surface area (TPSA) is 101 Å². The molecule has 0 spiro atoms. The van der Waals surface area contributed by atoms with Gasteiger partial charge in [-0.15, -0.1) is 0 Å². The molecule has 0 saturated heterocycles. The minimum absolute atomic E-state index is 0.0164. The van der Waals surface area contributed by atoms with Crippen LogP contribution in [0.1, 0.15) is 23.2 Å². The predicted molar refractivity (Wildman–Crippen MR) is 148 cm³/mol. The van der Waals surface area contributed by atoms with Gasteiger partial charge in [0.05, 0.1) is 36.7 Å². The number of aliphatic imine (C=N–C) groups is 1. The average Bonchev–Trinajstić information content (AvgIpc) is 3.39. The number of rotatable bonds is 5. The smallest absolute Gasteiger partial charge is 0.262 e. The van der Waals surface area contributed by atoms with Crippen molar-refractivity contribution in [1.82, 2.24) is 9.71 Å². The van der Waals surface area contributed by atoms with Crippen LogP contribution in [0.2, 0.25) is 15.1 Å². The summed E-state index contributed by atoms with van der Waals surface area (Å²) in [4.78, 5) is 22.3. The van der Waals surface area contributed by atoms with Gasteiger partial charge in [-0.3, -0.25) is 14.5 Å². The molecule has 1 amide bonds. The Balaban J connectivity index is 1.50. The normalized spacial score (nSPS) is 13.4. The Morgan fingerprint density at radius 1 is 0.919 bits per heavy atom. The lowest BCUT2D eigenvalue weighted by Crippen LogP contribution is -2.29. The number of sulfonamides is 1. The molecular formula is C26H19Cl3N4O3S. The number of para-hydroxylation sites is 1. The highest BCUT2D eigenvalue weighted by molar-refractivity contribution is 7.90. The summed E-state index contributed by atoms with van der Waals surface area (Å²) in [7, 11) is -3.84. The van der Waals surface area contributed by atoms with E-state index in [0.29, 0.717) is 57.2 Å². The molecule has 2 N–H and O–H groups in total. The third-order valence-electron chi connectivity index (χ3n) is 5.80. The van der Waals surface area contributed by atoms with Crippen LogP contribution in [0, 0.1) is 0 Å². The molecule has 37 heavy (non-hydrogen) atoms. The van der Waals surface area contributed by atoms with Gasteiger partial charge in [0.15, 0.2) is 0 Å². The van der Waals surface area contributed by atoms with Gasteiger partial charge in [0.1, 0.15) is 5.84 Å². The summed E-state index contributed by atoms with van der Waals surface area (Å²) in [5.41, 5.74) is 2.17. The Hall–Kier alpha value is -3.17. The maximum absolute atomic E-state index is 13.5. The van der Waals surface area contributed by atoms with Crippen LogP contribution in [0.4, 0.5) is 5.69 Å². The van der Waals surface area contributed by atoms with Crippen molar-refractivity contribution in [2.24, 2.45) is 4.99 Å². The standard InChI is InChI=1S/C26H19Cl3N4O3S/c27-20-11-10-18(24(28)25(20)29)22-14-19(17-7-1-2-8-21(17)32-22)26(34)31-15-5-3-6-16(13-15)37(35,36)33-23-9-4-12-30-23/h1-3,5-8,10-11,13-14H,4,9,12H2,(H,30,33)(H,31,34). The van der Waals surface area contributed by atoms with Crippen molar-refractivity contribution in [3.05, 3.63) is 87.4 Å². The number of pyridine rings is 1. The van der Waals surface area contributed by atoms with Crippen molar-refractivity contribution in [2.45, 2.75) is 17.7 Å². The van der Waals surface area contributed by atoms with Crippen LogP contribution < -0.4 is 10.0 Å². The fourth-order valence-electron chi connectivity index (χ4n) is 4.00. The van der Waals surface area contributed by atoms with Crippen molar-refractivity contribution < 1.29 is 13.2 Å². The van der Waals surface area contributed by atoms with Crippen molar-refractivity contribution in [1.29, 1.82) is 0 Å². The second-order valence-electron chi connectivity index (χ2n) is 8.31. The lowest BCUT2D eigenvalue weighted by Gasteiger charge is -2.13. The number of hydrogen-bond donors (Lipinski definition) is 2. The summed E-state index contributed by atoms with van der Waals surface area (Å²) < 4.78 is 28.1. The molecule has 0 saturated carbocycles. The molecule has 2 heterocycles. The molecule has 5 rings (SSSR count). The minimum Gasteiger partial charge on any atom is -0.322 e. The SMILES string of the molecule is O=C(Nc1cccc(S(=O)(=O)NC2=NCCC2)c1)c1cc(-c2ccc(Cl)c(Cl)c2Cl)nc2ccccc12. The number of aromatic nitrogens is 1. The molecule has 4 aromatic rings. The van der Waals surface area contributed by atoms with Crippen LogP contribution in [0.15, 0.2) is 76.6 Å². The molecule has 0 atom stereocenters. The fraction of sp³-hybridized carbons (Fsp3) is 0.115. The van der Waals surface area contributed by atoms with Gasteiger partial charge in [-0.25, -0.2) is 13.4 Å². The van der Waals surface area contributed by atoms with E-state index in [-0.39, 0.29) is 14.9 Å². The molecular weight excluding hydrogens is 555 g/mol. The van der Waals surface area contributed by atoms with E-state index >= 15 is 0 Å².